The van der Waals surface area contributed by atoms with E-state index in [4.69, 9.17) is 0 Å². The number of carbonyl (C=O) groups is 1. The summed E-state index contributed by atoms with van der Waals surface area (Å²) in [7, 11) is 4.06. The molecule has 5 rings (SSSR count). The predicted octanol–water partition coefficient (Wildman–Crippen LogP) is 5.68. The summed E-state index contributed by atoms with van der Waals surface area (Å²) in [6.07, 6.45) is 2.08. The molecule has 0 radical (unpaired) electrons. The van der Waals surface area contributed by atoms with Gasteiger partial charge in [-0.2, -0.15) is 0 Å². The Bertz CT molecular complexity index is 1230. The van der Waals surface area contributed by atoms with Crippen molar-refractivity contribution in [3.8, 4) is 5.69 Å². The molecule has 32 heavy (non-hydrogen) atoms. The SMILES string of the molecule is CN(C)c1ccc([C@@H]2c3cccn3-c3ccccc3CN2C(=O)Nc2ccccc2)cc1. The topological polar surface area (TPSA) is 40.5 Å². The van der Waals surface area contributed by atoms with Crippen molar-refractivity contribution < 1.29 is 4.79 Å². The molecule has 3 aromatic carbocycles. The summed E-state index contributed by atoms with van der Waals surface area (Å²) in [5.74, 6) is 0. The third-order valence-electron chi connectivity index (χ3n) is 5.98. The Morgan fingerprint density at radius 3 is 2.34 bits per heavy atom. The lowest BCUT2D eigenvalue weighted by Gasteiger charge is -2.31. The molecule has 0 bridgehead atoms. The summed E-state index contributed by atoms with van der Waals surface area (Å²) in [6, 6.07) is 30.2. The molecule has 0 spiro atoms. The molecule has 1 N–H and O–H groups in total. The van der Waals surface area contributed by atoms with Crippen LogP contribution in [0, 0.1) is 0 Å². The largest absolute Gasteiger partial charge is 0.378 e. The Morgan fingerprint density at radius 2 is 1.59 bits per heavy atom. The molecule has 0 aliphatic carbocycles. The van der Waals surface area contributed by atoms with Crippen LogP contribution in [0.1, 0.15) is 22.9 Å². The van der Waals surface area contributed by atoms with E-state index in [2.05, 4.69) is 63.4 Å². The first-order valence-corrected chi connectivity index (χ1v) is 10.8. The Kier molecular flexibility index (Phi) is 5.15. The van der Waals surface area contributed by atoms with Crippen LogP contribution in [0.25, 0.3) is 5.69 Å². The molecule has 0 saturated heterocycles. The molecule has 1 aliphatic heterocycles. The van der Waals surface area contributed by atoms with Gasteiger partial charge in [0.05, 0.1) is 18.3 Å². The van der Waals surface area contributed by atoms with Crippen molar-refractivity contribution in [2.75, 3.05) is 24.3 Å². The number of hydrogen-bond acceptors (Lipinski definition) is 2. The number of hydrogen-bond donors (Lipinski definition) is 1. The van der Waals surface area contributed by atoms with Gasteiger partial charge >= 0.3 is 6.03 Å². The number of carbonyl (C=O) groups excluding carboxylic acids is 1. The van der Waals surface area contributed by atoms with E-state index < -0.39 is 0 Å². The highest BCUT2D eigenvalue weighted by Gasteiger charge is 2.33. The molecule has 0 fully saturated rings. The number of amides is 2. The first-order valence-electron chi connectivity index (χ1n) is 10.8. The molecule has 0 saturated carbocycles. The van der Waals surface area contributed by atoms with E-state index in [1.807, 2.05) is 67.5 Å². The molecule has 1 atom stereocenters. The van der Waals surface area contributed by atoms with Crippen LogP contribution in [0.5, 0.6) is 0 Å². The number of fused-ring (bicyclic) bond motifs is 3. The predicted molar refractivity (Wildman–Crippen MR) is 129 cm³/mol. The van der Waals surface area contributed by atoms with E-state index in [1.54, 1.807) is 0 Å². The number of urea groups is 1. The van der Waals surface area contributed by atoms with Gasteiger partial charge in [-0.1, -0.05) is 48.5 Å². The smallest absolute Gasteiger partial charge is 0.322 e. The van der Waals surface area contributed by atoms with Crippen molar-refractivity contribution in [1.82, 2.24) is 9.47 Å². The Hall–Kier alpha value is -3.99. The van der Waals surface area contributed by atoms with Crippen LogP contribution in [-0.4, -0.2) is 29.6 Å². The van der Waals surface area contributed by atoms with Gasteiger partial charge in [-0.25, -0.2) is 4.79 Å². The maximum Gasteiger partial charge on any atom is 0.322 e. The van der Waals surface area contributed by atoms with Crippen molar-refractivity contribution in [1.29, 1.82) is 0 Å². The van der Waals surface area contributed by atoms with E-state index in [0.29, 0.717) is 6.54 Å². The molecule has 2 amide bonds. The van der Waals surface area contributed by atoms with Gasteiger partial charge in [0.1, 0.15) is 0 Å². The van der Waals surface area contributed by atoms with E-state index >= 15 is 0 Å². The number of nitrogens with zero attached hydrogens (tertiary/aromatic N) is 3. The third-order valence-corrected chi connectivity index (χ3v) is 5.98. The average molecular weight is 423 g/mol. The summed E-state index contributed by atoms with van der Waals surface area (Å²) in [5.41, 5.74) is 6.27. The normalized spacial score (nSPS) is 14.8. The Balaban J connectivity index is 1.62. The molecule has 1 aliphatic rings. The van der Waals surface area contributed by atoms with Gasteiger partial charge in [-0.15, -0.1) is 0 Å². The zero-order chi connectivity index (χ0) is 22.1. The lowest BCUT2D eigenvalue weighted by Crippen LogP contribution is -2.37. The molecule has 2 heterocycles. The molecular weight excluding hydrogens is 396 g/mol. The van der Waals surface area contributed by atoms with Crippen LogP contribution >= 0.6 is 0 Å². The quantitative estimate of drug-likeness (QED) is 0.461. The van der Waals surface area contributed by atoms with E-state index in [9.17, 15) is 4.79 Å². The van der Waals surface area contributed by atoms with Crippen LogP contribution in [0.4, 0.5) is 16.2 Å². The summed E-state index contributed by atoms with van der Waals surface area (Å²) >= 11 is 0. The highest BCUT2D eigenvalue weighted by molar-refractivity contribution is 5.90. The Morgan fingerprint density at radius 1 is 0.875 bits per heavy atom. The zero-order valence-corrected chi connectivity index (χ0v) is 18.3. The lowest BCUT2D eigenvalue weighted by molar-refractivity contribution is 0.194. The molecule has 0 unspecified atom stereocenters. The summed E-state index contributed by atoms with van der Waals surface area (Å²) in [5, 5.41) is 3.09. The number of rotatable bonds is 3. The summed E-state index contributed by atoms with van der Waals surface area (Å²) < 4.78 is 2.20. The second kappa shape index (κ2) is 8.27. The maximum absolute atomic E-state index is 13.6. The van der Waals surface area contributed by atoms with E-state index in [-0.39, 0.29) is 12.1 Å². The van der Waals surface area contributed by atoms with Gasteiger partial charge in [0.15, 0.2) is 0 Å². The number of para-hydroxylation sites is 2. The minimum atomic E-state index is -0.225. The minimum absolute atomic E-state index is 0.123. The van der Waals surface area contributed by atoms with E-state index in [1.165, 1.54) is 0 Å². The summed E-state index contributed by atoms with van der Waals surface area (Å²) in [6.45, 7) is 0.511. The van der Waals surface area contributed by atoms with E-state index in [0.717, 1.165) is 33.9 Å². The monoisotopic (exact) mass is 422 g/mol. The first-order chi connectivity index (χ1) is 15.6. The zero-order valence-electron chi connectivity index (χ0n) is 18.3. The van der Waals surface area contributed by atoms with Gasteiger partial charge < -0.3 is 19.7 Å². The molecule has 1 aromatic heterocycles. The summed E-state index contributed by atoms with van der Waals surface area (Å²) in [4.78, 5) is 17.6. The van der Waals surface area contributed by atoms with Crippen LogP contribution in [0.15, 0.2) is 97.2 Å². The molecule has 160 valence electrons. The van der Waals surface area contributed by atoms with Gasteiger partial charge in [-0.05, 0) is 53.6 Å². The first kappa shape index (κ1) is 19.9. The van der Waals surface area contributed by atoms with Gasteiger partial charge in [0.2, 0.25) is 0 Å². The van der Waals surface area contributed by atoms with Crippen molar-refractivity contribution in [2.24, 2.45) is 0 Å². The second-order valence-electron chi connectivity index (χ2n) is 8.24. The highest BCUT2D eigenvalue weighted by atomic mass is 16.2. The standard InChI is InChI=1S/C27H26N4O/c1-29(2)23-16-14-20(15-17-23)26-25-13-8-18-30(25)24-12-7-6-9-21(24)19-31(26)27(32)28-22-10-4-3-5-11-22/h3-18,26H,19H2,1-2H3,(H,28,32)/t26-/m1/s1. The van der Waals surface area contributed by atoms with Crippen molar-refractivity contribution >= 4 is 17.4 Å². The molecule has 5 nitrogen and oxygen atoms in total. The van der Waals surface area contributed by atoms with Crippen molar-refractivity contribution in [2.45, 2.75) is 12.6 Å². The molecular formula is C27H26N4O. The fraction of sp³-hybridized carbons (Fsp3) is 0.148. The van der Waals surface area contributed by atoms with Crippen LogP contribution in [0.3, 0.4) is 0 Å². The minimum Gasteiger partial charge on any atom is -0.378 e. The number of benzene rings is 3. The van der Waals surface area contributed by atoms with Gasteiger partial charge in [-0.3, -0.25) is 0 Å². The number of nitrogens with one attached hydrogen (secondary N) is 1. The van der Waals surface area contributed by atoms with Crippen LogP contribution in [-0.2, 0) is 6.54 Å². The van der Waals surface area contributed by atoms with Crippen LogP contribution in [0.2, 0.25) is 0 Å². The molecule has 5 heteroatoms. The molecule has 4 aromatic rings. The van der Waals surface area contributed by atoms with Crippen LogP contribution < -0.4 is 10.2 Å². The number of anilines is 2. The highest BCUT2D eigenvalue weighted by Crippen LogP contribution is 2.37. The lowest BCUT2D eigenvalue weighted by atomic mass is 10.0. The van der Waals surface area contributed by atoms with Gasteiger partial charge in [0.25, 0.3) is 0 Å². The third kappa shape index (κ3) is 3.62. The number of aromatic nitrogens is 1. The fourth-order valence-electron chi connectivity index (χ4n) is 4.36. The van der Waals surface area contributed by atoms with Crippen molar-refractivity contribution in [3.05, 3.63) is 114 Å². The van der Waals surface area contributed by atoms with Gasteiger partial charge in [0, 0.05) is 37.4 Å². The second-order valence-corrected chi connectivity index (χ2v) is 8.24. The fourth-order valence-corrected chi connectivity index (χ4v) is 4.36. The Labute approximate surface area is 188 Å². The average Bonchev–Trinajstić information content (AvgIpc) is 3.24. The maximum atomic E-state index is 13.6. The van der Waals surface area contributed by atoms with Crippen molar-refractivity contribution in [3.63, 3.8) is 0 Å².